The van der Waals surface area contributed by atoms with E-state index in [-0.39, 0.29) is 5.91 Å². The Hall–Kier alpha value is -0.610. The molecule has 3 aliphatic rings. The maximum absolute atomic E-state index is 11.8. The summed E-state index contributed by atoms with van der Waals surface area (Å²) < 4.78 is 0. The lowest BCUT2D eigenvalue weighted by Gasteiger charge is -2.35. The SMILES string of the molecule is CNC1(C(N)=O)CCC(N2CCCC2C2CCCC2)C1. The third-order valence-electron chi connectivity index (χ3n) is 6.19. The smallest absolute Gasteiger partial charge is 0.237 e. The number of rotatable bonds is 4. The molecule has 3 rings (SSSR count). The van der Waals surface area contributed by atoms with Gasteiger partial charge in [0.05, 0.1) is 5.54 Å². The number of likely N-dealkylation sites (tertiary alicyclic amines) is 1. The highest BCUT2D eigenvalue weighted by atomic mass is 16.1. The van der Waals surface area contributed by atoms with Crippen LogP contribution in [0.4, 0.5) is 0 Å². The first kappa shape index (κ1) is 14.3. The molecule has 0 radical (unpaired) electrons. The second-order valence-electron chi connectivity index (χ2n) is 7.08. The van der Waals surface area contributed by atoms with Gasteiger partial charge in [0.15, 0.2) is 0 Å². The van der Waals surface area contributed by atoms with Crippen LogP contribution in [-0.4, -0.2) is 42.0 Å². The number of hydrogen-bond donors (Lipinski definition) is 2. The van der Waals surface area contributed by atoms with Crippen molar-refractivity contribution in [1.82, 2.24) is 10.2 Å². The van der Waals surface area contributed by atoms with Gasteiger partial charge in [0.25, 0.3) is 0 Å². The van der Waals surface area contributed by atoms with Gasteiger partial charge in [0, 0.05) is 12.1 Å². The molecule has 1 saturated heterocycles. The number of nitrogens with one attached hydrogen (secondary N) is 1. The molecule has 2 saturated carbocycles. The van der Waals surface area contributed by atoms with Gasteiger partial charge in [0.1, 0.15) is 0 Å². The monoisotopic (exact) mass is 279 g/mol. The number of nitrogens with two attached hydrogens (primary N) is 1. The quantitative estimate of drug-likeness (QED) is 0.822. The number of nitrogens with zero attached hydrogens (tertiary/aromatic N) is 1. The van der Waals surface area contributed by atoms with Gasteiger partial charge in [-0.25, -0.2) is 0 Å². The van der Waals surface area contributed by atoms with Crippen molar-refractivity contribution in [2.75, 3.05) is 13.6 Å². The van der Waals surface area contributed by atoms with Crippen LogP contribution in [0, 0.1) is 5.92 Å². The van der Waals surface area contributed by atoms with Gasteiger partial charge in [-0.15, -0.1) is 0 Å². The Morgan fingerprint density at radius 2 is 1.95 bits per heavy atom. The Labute approximate surface area is 122 Å². The fourth-order valence-corrected chi connectivity index (χ4v) is 4.99. The largest absolute Gasteiger partial charge is 0.368 e. The lowest BCUT2D eigenvalue weighted by molar-refractivity contribution is -0.124. The molecule has 0 aromatic heterocycles. The summed E-state index contributed by atoms with van der Waals surface area (Å²) in [5, 5.41) is 3.21. The molecule has 1 aliphatic heterocycles. The predicted molar refractivity (Wildman–Crippen MR) is 80.3 cm³/mol. The first-order valence-electron chi connectivity index (χ1n) is 8.41. The van der Waals surface area contributed by atoms with E-state index in [1.54, 1.807) is 0 Å². The zero-order chi connectivity index (χ0) is 14.2. The number of primary amides is 1. The van der Waals surface area contributed by atoms with E-state index in [2.05, 4.69) is 10.2 Å². The molecule has 3 atom stereocenters. The van der Waals surface area contributed by atoms with E-state index in [1.807, 2.05) is 7.05 Å². The van der Waals surface area contributed by atoms with E-state index in [1.165, 1.54) is 45.1 Å². The number of likely N-dealkylation sites (N-methyl/N-ethyl adjacent to an activating group) is 1. The topological polar surface area (TPSA) is 58.4 Å². The lowest BCUT2D eigenvalue weighted by Crippen LogP contribution is -2.53. The molecule has 0 aromatic rings. The molecule has 0 aromatic carbocycles. The molecule has 1 heterocycles. The second kappa shape index (κ2) is 5.64. The van der Waals surface area contributed by atoms with Crippen molar-refractivity contribution >= 4 is 5.91 Å². The molecule has 3 N–H and O–H groups in total. The molecule has 0 spiro atoms. The molecule has 3 fully saturated rings. The Bertz CT molecular complexity index is 367. The Balaban J connectivity index is 1.68. The predicted octanol–water partition coefficient (Wildman–Crippen LogP) is 1.64. The van der Waals surface area contributed by atoms with E-state index < -0.39 is 5.54 Å². The van der Waals surface area contributed by atoms with Crippen LogP contribution in [0.1, 0.15) is 57.8 Å². The zero-order valence-electron chi connectivity index (χ0n) is 12.7. The van der Waals surface area contributed by atoms with Crippen molar-refractivity contribution in [1.29, 1.82) is 0 Å². The summed E-state index contributed by atoms with van der Waals surface area (Å²) in [6, 6.07) is 1.34. The van der Waals surface area contributed by atoms with Crippen molar-refractivity contribution < 1.29 is 4.79 Å². The fraction of sp³-hybridized carbons (Fsp3) is 0.938. The summed E-state index contributed by atoms with van der Waals surface area (Å²) in [5.74, 6) is 0.745. The average Bonchev–Trinajstić information content (AvgIpc) is 3.17. The first-order chi connectivity index (χ1) is 9.66. The molecule has 3 unspecified atom stereocenters. The summed E-state index contributed by atoms with van der Waals surface area (Å²) in [5.41, 5.74) is 5.19. The number of carbonyl (C=O) groups excluding carboxylic acids is 1. The van der Waals surface area contributed by atoms with E-state index in [4.69, 9.17) is 5.73 Å². The fourth-order valence-electron chi connectivity index (χ4n) is 4.99. The van der Waals surface area contributed by atoms with Crippen LogP contribution in [0.3, 0.4) is 0 Å². The van der Waals surface area contributed by atoms with Crippen molar-refractivity contribution in [2.24, 2.45) is 11.7 Å². The lowest BCUT2D eigenvalue weighted by atomic mass is 9.93. The van der Waals surface area contributed by atoms with Crippen LogP contribution in [0.25, 0.3) is 0 Å². The van der Waals surface area contributed by atoms with Crippen LogP contribution in [-0.2, 0) is 4.79 Å². The molecular formula is C16H29N3O. The Morgan fingerprint density at radius 3 is 2.55 bits per heavy atom. The van der Waals surface area contributed by atoms with Gasteiger partial charge >= 0.3 is 0 Å². The van der Waals surface area contributed by atoms with Gasteiger partial charge in [-0.3, -0.25) is 9.69 Å². The van der Waals surface area contributed by atoms with E-state index in [0.717, 1.165) is 31.2 Å². The Morgan fingerprint density at radius 1 is 1.20 bits per heavy atom. The molecule has 2 aliphatic carbocycles. The van der Waals surface area contributed by atoms with Crippen molar-refractivity contribution in [3.8, 4) is 0 Å². The maximum Gasteiger partial charge on any atom is 0.237 e. The van der Waals surface area contributed by atoms with Crippen LogP contribution in [0.2, 0.25) is 0 Å². The summed E-state index contributed by atoms with van der Waals surface area (Å²) in [6.45, 7) is 1.23. The summed E-state index contributed by atoms with van der Waals surface area (Å²) in [7, 11) is 1.88. The summed E-state index contributed by atoms with van der Waals surface area (Å²) >= 11 is 0. The molecule has 114 valence electrons. The molecule has 4 nitrogen and oxygen atoms in total. The van der Waals surface area contributed by atoms with Gasteiger partial charge in [-0.2, -0.15) is 0 Å². The van der Waals surface area contributed by atoms with Crippen LogP contribution in [0.15, 0.2) is 0 Å². The molecule has 20 heavy (non-hydrogen) atoms. The van der Waals surface area contributed by atoms with Gasteiger partial charge in [-0.1, -0.05) is 12.8 Å². The van der Waals surface area contributed by atoms with Crippen LogP contribution in [0.5, 0.6) is 0 Å². The number of amides is 1. The number of carbonyl (C=O) groups is 1. The van der Waals surface area contributed by atoms with Crippen molar-refractivity contribution in [2.45, 2.75) is 75.4 Å². The van der Waals surface area contributed by atoms with Crippen molar-refractivity contribution in [3.05, 3.63) is 0 Å². The maximum atomic E-state index is 11.8. The van der Waals surface area contributed by atoms with Crippen LogP contribution < -0.4 is 11.1 Å². The first-order valence-corrected chi connectivity index (χ1v) is 8.41. The number of hydrogen-bond acceptors (Lipinski definition) is 3. The highest BCUT2D eigenvalue weighted by molar-refractivity contribution is 5.85. The molecule has 4 heteroatoms. The highest BCUT2D eigenvalue weighted by Gasteiger charge is 2.47. The standard InChI is InChI=1S/C16H29N3O/c1-18-16(15(17)20)9-8-13(11-16)19-10-4-7-14(19)12-5-2-3-6-12/h12-14,18H,2-11H2,1H3,(H2,17,20). The van der Waals surface area contributed by atoms with Gasteiger partial charge in [0.2, 0.25) is 5.91 Å². The average molecular weight is 279 g/mol. The third-order valence-corrected chi connectivity index (χ3v) is 6.19. The Kier molecular flexibility index (Phi) is 4.04. The third kappa shape index (κ3) is 2.37. The van der Waals surface area contributed by atoms with E-state index in [9.17, 15) is 4.79 Å². The molecular weight excluding hydrogens is 250 g/mol. The summed E-state index contributed by atoms with van der Waals surface area (Å²) in [4.78, 5) is 14.5. The second-order valence-corrected chi connectivity index (χ2v) is 7.08. The van der Waals surface area contributed by atoms with Crippen LogP contribution >= 0.6 is 0 Å². The highest BCUT2D eigenvalue weighted by Crippen LogP contribution is 2.41. The minimum Gasteiger partial charge on any atom is -0.368 e. The molecule has 0 bridgehead atoms. The normalized spacial score (nSPS) is 39.6. The summed E-state index contributed by atoms with van der Waals surface area (Å²) in [6.07, 6.45) is 11.3. The van der Waals surface area contributed by atoms with Crippen molar-refractivity contribution in [3.63, 3.8) is 0 Å². The van der Waals surface area contributed by atoms with E-state index >= 15 is 0 Å². The van der Waals surface area contributed by atoms with Gasteiger partial charge < -0.3 is 11.1 Å². The zero-order valence-corrected chi connectivity index (χ0v) is 12.7. The van der Waals surface area contributed by atoms with Gasteiger partial charge in [-0.05, 0) is 64.5 Å². The minimum absolute atomic E-state index is 0.167. The van der Waals surface area contributed by atoms with E-state index in [0.29, 0.717) is 6.04 Å². The minimum atomic E-state index is -0.451. The molecule has 1 amide bonds.